The lowest BCUT2D eigenvalue weighted by atomic mass is 9.94. The standard InChI is InChI=1S/C31H25F2N3O8/c32-28(33)31(41)24(44-27(39)21-14-8-3-9-15-21)22(18-42-26(38)20-12-6-2-7-13-20)43-29(31)36-17-16-23(35-30(36)40)34-25(37)19-10-4-1-5-11-19/h1-17,22,24,28-29,41H,18H2,(H,34,35,37,40)/t22-,24-,29-,31-/m1/s1. The van der Waals surface area contributed by atoms with Gasteiger partial charge in [0.25, 0.3) is 12.3 Å². The molecule has 1 aliphatic rings. The zero-order valence-electron chi connectivity index (χ0n) is 22.8. The first kappa shape index (κ1) is 30.2. The predicted octanol–water partition coefficient (Wildman–Crippen LogP) is 3.47. The molecule has 3 aromatic carbocycles. The highest BCUT2D eigenvalue weighted by atomic mass is 19.3. The van der Waals surface area contributed by atoms with Gasteiger partial charge in [-0.2, -0.15) is 4.98 Å². The summed E-state index contributed by atoms with van der Waals surface area (Å²) in [5, 5.41) is 13.9. The Balaban J connectivity index is 1.45. The number of alkyl halides is 2. The highest BCUT2D eigenvalue weighted by Gasteiger charge is 2.65. The average molecular weight is 606 g/mol. The van der Waals surface area contributed by atoms with E-state index in [-0.39, 0.29) is 22.5 Å². The fraction of sp³-hybridized carbons (Fsp3) is 0.194. The van der Waals surface area contributed by atoms with Crippen LogP contribution in [0.2, 0.25) is 0 Å². The molecule has 0 radical (unpaired) electrons. The number of carbonyl (C=O) groups excluding carboxylic acids is 3. The highest BCUT2D eigenvalue weighted by Crippen LogP contribution is 2.44. The van der Waals surface area contributed by atoms with Crippen LogP contribution in [-0.4, -0.2) is 63.3 Å². The van der Waals surface area contributed by atoms with Gasteiger partial charge in [-0.15, -0.1) is 0 Å². The fourth-order valence-corrected chi connectivity index (χ4v) is 4.61. The van der Waals surface area contributed by atoms with Crippen molar-refractivity contribution in [3.8, 4) is 0 Å². The second-order valence-electron chi connectivity index (χ2n) is 9.69. The van der Waals surface area contributed by atoms with Crippen LogP contribution in [0.4, 0.5) is 14.6 Å². The maximum atomic E-state index is 14.7. The Bertz CT molecular complexity index is 1690. The van der Waals surface area contributed by atoms with E-state index in [1.165, 1.54) is 48.5 Å². The Kier molecular flexibility index (Phi) is 8.88. The van der Waals surface area contributed by atoms with E-state index in [2.05, 4.69) is 10.3 Å². The molecule has 0 unspecified atom stereocenters. The zero-order chi connectivity index (χ0) is 31.3. The summed E-state index contributed by atoms with van der Waals surface area (Å²) in [6.45, 7) is -0.723. The Hall–Kier alpha value is -5.27. The SMILES string of the molecule is O=C(Nc1ccn([C@@H]2O[C@H](COC(=O)c3ccccc3)[C@@H](OC(=O)c3ccccc3)[C@@]2(O)C(F)F)c(=O)n1)c1ccccc1. The van der Waals surface area contributed by atoms with Gasteiger partial charge in [0.2, 0.25) is 5.60 Å². The number of hydrogen-bond donors (Lipinski definition) is 2. The van der Waals surface area contributed by atoms with Crippen LogP contribution in [-0.2, 0) is 14.2 Å². The number of halogens is 2. The number of aliphatic hydroxyl groups is 1. The summed E-state index contributed by atoms with van der Waals surface area (Å²) in [4.78, 5) is 54.8. The van der Waals surface area contributed by atoms with Crippen LogP contribution in [0.5, 0.6) is 0 Å². The van der Waals surface area contributed by atoms with Crippen molar-refractivity contribution < 1.29 is 42.5 Å². The molecule has 0 aliphatic carbocycles. The fourth-order valence-electron chi connectivity index (χ4n) is 4.61. The predicted molar refractivity (Wildman–Crippen MR) is 150 cm³/mol. The molecular weight excluding hydrogens is 580 g/mol. The summed E-state index contributed by atoms with van der Waals surface area (Å²) < 4.78 is 46.4. The Morgan fingerprint density at radius 2 is 1.43 bits per heavy atom. The topological polar surface area (TPSA) is 146 Å². The Morgan fingerprint density at radius 1 is 0.886 bits per heavy atom. The molecule has 13 heteroatoms. The van der Waals surface area contributed by atoms with Gasteiger partial charge in [-0.1, -0.05) is 54.6 Å². The molecule has 0 saturated carbocycles. The van der Waals surface area contributed by atoms with Gasteiger partial charge in [-0.05, 0) is 42.5 Å². The van der Waals surface area contributed by atoms with Crippen molar-refractivity contribution in [1.29, 1.82) is 0 Å². The van der Waals surface area contributed by atoms with Crippen molar-refractivity contribution in [2.24, 2.45) is 0 Å². The molecule has 2 heterocycles. The lowest BCUT2D eigenvalue weighted by Crippen LogP contribution is -2.55. The third kappa shape index (κ3) is 6.23. The Labute approximate surface area is 248 Å². The largest absolute Gasteiger partial charge is 0.459 e. The maximum absolute atomic E-state index is 14.7. The van der Waals surface area contributed by atoms with Gasteiger partial charge in [-0.3, -0.25) is 9.36 Å². The van der Waals surface area contributed by atoms with Crippen molar-refractivity contribution in [3.05, 3.63) is 130 Å². The first-order chi connectivity index (χ1) is 21.2. The summed E-state index contributed by atoms with van der Waals surface area (Å²) in [5.74, 6) is -2.67. The van der Waals surface area contributed by atoms with E-state index in [9.17, 15) is 33.1 Å². The first-order valence-electron chi connectivity index (χ1n) is 13.3. The number of rotatable bonds is 9. The van der Waals surface area contributed by atoms with E-state index < -0.39 is 60.6 Å². The molecule has 1 saturated heterocycles. The van der Waals surface area contributed by atoms with Gasteiger partial charge in [0.05, 0.1) is 11.1 Å². The van der Waals surface area contributed by atoms with Crippen molar-refractivity contribution >= 4 is 23.7 Å². The molecular formula is C31H25F2N3O8. The molecule has 2 N–H and O–H groups in total. The van der Waals surface area contributed by atoms with Gasteiger partial charge < -0.3 is 24.6 Å². The van der Waals surface area contributed by atoms with Crippen LogP contribution >= 0.6 is 0 Å². The summed E-state index contributed by atoms with van der Waals surface area (Å²) >= 11 is 0. The molecule has 44 heavy (non-hydrogen) atoms. The molecule has 1 amide bonds. The van der Waals surface area contributed by atoms with Gasteiger partial charge in [0.1, 0.15) is 18.5 Å². The molecule has 1 fully saturated rings. The van der Waals surface area contributed by atoms with Crippen molar-refractivity contribution in [3.63, 3.8) is 0 Å². The quantitative estimate of drug-likeness (QED) is 0.274. The van der Waals surface area contributed by atoms with Crippen LogP contribution in [0.1, 0.15) is 37.3 Å². The lowest BCUT2D eigenvalue weighted by Gasteiger charge is -2.32. The number of nitrogens with one attached hydrogen (secondary N) is 1. The lowest BCUT2D eigenvalue weighted by molar-refractivity contribution is -0.186. The van der Waals surface area contributed by atoms with Gasteiger partial charge in [0, 0.05) is 11.8 Å². The summed E-state index contributed by atoms with van der Waals surface area (Å²) in [5.41, 5.74) is -4.05. The second-order valence-corrected chi connectivity index (χ2v) is 9.69. The minimum absolute atomic E-state index is 0.00931. The molecule has 226 valence electrons. The van der Waals surface area contributed by atoms with E-state index in [0.717, 1.165) is 12.3 Å². The average Bonchev–Trinajstić information content (AvgIpc) is 3.32. The van der Waals surface area contributed by atoms with Crippen LogP contribution in [0.3, 0.4) is 0 Å². The van der Waals surface area contributed by atoms with Gasteiger partial charge in [0.15, 0.2) is 12.3 Å². The molecule has 0 spiro atoms. The summed E-state index contributed by atoms with van der Waals surface area (Å²) in [6.07, 6.45) is -8.52. The third-order valence-electron chi connectivity index (χ3n) is 6.83. The monoisotopic (exact) mass is 605 g/mol. The zero-order valence-corrected chi connectivity index (χ0v) is 22.8. The normalized spacial score (nSPS) is 21.0. The van der Waals surface area contributed by atoms with E-state index in [4.69, 9.17) is 14.2 Å². The van der Waals surface area contributed by atoms with Crippen molar-refractivity contribution in [1.82, 2.24) is 9.55 Å². The summed E-state index contributed by atoms with van der Waals surface area (Å²) in [7, 11) is 0. The van der Waals surface area contributed by atoms with Gasteiger partial charge >= 0.3 is 17.6 Å². The number of nitrogens with zero attached hydrogens (tertiary/aromatic N) is 2. The third-order valence-corrected chi connectivity index (χ3v) is 6.83. The van der Waals surface area contributed by atoms with Crippen molar-refractivity contribution in [2.75, 3.05) is 11.9 Å². The number of carbonyl (C=O) groups is 3. The van der Waals surface area contributed by atoms with Gasteiger partial charge in [-0.25, -0.2) is 23.2 Å². The van der Waals surface area contributed by atoms with E-state index in [1.807, 2.05) is 0 Å². The number of esters is 2. The molecule has 5 rings (SSSR count). The molecule has 11 nitrogen and oxygen atoms in total. The molecule has 4 aromatic rings. The number of anilines is 1. The second kappa shape index (κ2) is 12.9. The smallest absolute Gasteiger partial charge is 0.351 e. The molecule has 1 aliphatic heterocycles. The number of aromatic nitrogens is 2. The van der Waals surface area contributed by atoms with Crippen LogP contribution in [0.15, 0.2) is 108 Å². The van der Waals surface area contributed by atoms with Crippen molar-refractivity contribution in [2.45, 2.75) is 30.5 Å². The number of hydrogen-bond acceptors (Lipinski definition) is 9. The molecule has 0 bridgehead atoms. The van der Waals surface area contributed by atoms with Crippen LogP contribution < -0.4 is 11.0 Å². The first-order valence-corrected chi connectivity index (χ1v) is 13.3. The molecule has 4 atom stereocenters. The van der Waals surface area contributed by atoms with Crippen LogP contribution in [0.25, 0.3) is 0 Å². The number of benzene rings is 3. The number of amides is 1. The summed E-state index contributed by atoms with van der Waals surface area (Å²) in [6, 6.07) is 24.4. The van der Waals surface area contributed by atoms with Crippen LogP contribution in [0, 0.1) is 0 Å². The minimum atomic E-state index is -3.62. The Morgan fingerprint density at radius 3 is 1.98 bits per heavy atom. The van der Waals surface area contributed by atoms with E-state index in [0.29, 0.717) is 4.57 Å². The van der Waals surface area contributed by atoms with E-state index >= 15 is 0 Å². The molecule has 1 aromatic heterocycles. The number of ether oxygens (including phenoxy) is 3. The highest BCUT2D eigenvalue weighted by molar-refractivity contribution is 6.03. The maximum Gasteiger partial charge on any atom is 0.351 e. The minimum Gasteiger partial charge on any atom is -0.459 e. The van der Waals surface area contributed by atoms with E-state index in [1.54, 1.807) is 42.5 Å².